The summed E-state index contributed by atoms with van der Waals surface area (Å²) in [6, 6.07) is 1.29. The molecule has 8 heteroatoms. The van der Waals surface area contributed by atoms with Gasteiger partial charge in [-0.2, -0.15) is 5.21 Å². The van der Waals surface area contributed by atoms with Crippen LogP contribution in [-0.4, -0.2) is 31.1 Å². The van der Waals surface area contributed by atoms with E-state index in [9.17, 15) is 4.79 Å². The van der Waals surface area contributed by atoms with Crippen molar-refractivity contribution < 1.29 is 4.79 Å². The molecule has 1 amide bonds. The maximum absolute atomic E-state index is 11.9. The van der Waals surface area contributed by atoms with Gasteiger partial charge >= 0.3 is 0 Å². The fraction of sp³-hybridized carbons (Fsp3) is 0.333. The summed E-state index contributed by atoms with van der Waals surface area (Å²) in [5.74, 6) is 0.196. The molecule has 2 rings (SSSR count). The SMILES string of the molecule is CC(NC(=O)c1cc(N)cn1C)c1nn[nH]n1. The number of carbonyl (C=O) groups is 1. The number of hydrogen-bond donors (Lipinski definition) is 3. The molecule has 0 aromatic carbocycles. The maximum Gasteiger partial charge on any atom is 0.268 e. The van der Waals surface area contributed by atoms with Crippen LogP contribution in [0.5, 0.6) is 0 Å². The van der Waals surface area contributed by atoms with Crippen LogP contribution < -0.4 is 11.1 Å². The number of hydrogen-bond acceptors (Lipinski definition) is 5. The predicted molar refractivity (Wildman–Crippen MR) is 59.9 cm³/mol. The van der Waals surface area contributed by atoms with Gasteiger partial charge in [0.15, 0.2) is 5.82 Å². The van der Waals surface area contributed by atoms with Gasteiger partial charge in [0.2, 0.25) is 0 Å². The van der Waals surface area contributed by atoms with Crippen LogP contribution >= 0.6 is 0 Å². The number of nitrogens with one attached hydrogen (secondary N) is 2. The zero-order chi connectivity index (χ0) is 12.4. The monoisotopic (exact) mass is 235 g/mol. The summed E-state index contributed by atoms with van der Waals surface area (Å²) in [6.07, 6.45) is 1.67. The molecule has 0 aliphatic heterocycles. The van der Waals surface area contributed by atoms with E-state index in [0.717, 1.165) is 0 Å². The Balaban J connectivity index is 2.09. The number of carbonyl (C=O) groups excluding carboxylic acids is 1. The van der Waals surface area contributed by atoms with E-state index in [1.54, 1.807) is 30.8 Å². The number of rotatable bonds is 3. The van der Waals surface area contributed by atoms with Crippen molar-refractivity contribution >= 4 is 11.6 Å². The lowest BCUT2D eigenvalue weighted by molar-refractivity contribution is 0.0930. The molecule has 0 fully saturated rings. The molecule has 2 heterocycles. The van der Waals surface area contributed by atoms with Crippen molar-refractivity contribution in [1.29, 1.82) is 0 Å². The number of nitrogens with zero attached hydrogens (tertiary/aromatic N) is 4. The molecule has 1 unspecified atom stereocenters. The van der Waals surface area contributed by atoms with Crippen LogP contribution in [0, 0.1) is 0 Å². The van der Waals surface area contributed by atoms with Crippen LogP contribution in [0.4, 0.5) is 5.69 Å². The van der Waals surface area contributed by atoms with Crippen molar-refractivity contribution in [3.05, 3.63) is 23.8 Å². The van der Waals surface area contributed by atoms with E-state index in [1.807, 2.05) is 0 Å². The fourth-order valence-corrected chi connectivity index (χ4v) is 1.50. The molecule has 0 spiro atoms. The molecule has 0 saturated heterocycles. The number of tetrazole rings is 1. The number of H-pyrrole nitrogens is 1. The first-order valence-corrected chi connectivity index (χ1v) is 5.04. The Hall–Kier alpha value is -2.38. The lowest BCUT2D eigenvalue weighted by Crippen LogP contribution is -2.28. The molecule has 0 aliphatic rings. The van der Waals surface area contributed by atoms with Gasteiger partial charge in [-0.05, 0) is 13.0 Å². The zero-order valence-electron chi connectivity index (χ0n) is 9.51. The minimum absolute atomic E-state index is 0.235. The topological polar surface area (TPSA) is 115 Å². The summed E-state index contributed by atoms with van der Waals surface area (Å²) in [6.45, 7) is 1.77. The van der Waals surface area contributed by atoms with Gasteiger partial charge in [0.1, 0.15) is 5.69 Å². The summed E-state index contributed by atoms with van der Waals surface area (Å²) in [5.41, 5.74) is 6.63. The number of amides is 1. The first kappa shape index (κ1) is 11.1. The van der Waals surface area contributed by atoms with Crippen molar-refractivity contribution in [2.75, 3.05) is 5.73 Å². The van der Waals surface area contributed by atoms with Crippen LogP contribution in [-0.2, 0) is 7.05 Å². The number of anilines is 1. The first-order chi connectivity index (χ1) is 8.08. The van der Waals surface area contributed by atoms with Crippen LogP contribution in [0.1, 0.15) is 29.3 Å². The lowest BCUT2D eigenvalue weighted by Gasteiger charge is -2.10. The Morgan fingerprint density at radius 3 is 2.94 bits per heavy atom. The third-order valence-corrected chi connectivity index (χ3v) is 2.36. The Morgan fingerprint density at radius 2 is 2.41 bits per heavy atom. The van der Waals surface area contributed by atoms with E-state index < -0.39 is 0 Å². The predicted octanol–water partition coefficient (Wildman–Crippen LogP) is -0.389. The smallest absolute Gasteiger partial charge is 0.268 e. The van der Waals surface area contributed by atoms with Crippen molar-refractivity contribution in [1.82, 2.24) is 30.5 Å². The highest BCUT2D eigenvalue weighted by molar-refractivity contribution is 5.93. The summed E-state index contributed by atoms with van der Waals surface area (Å²) in [4.78, 5) is 11.9. The Bertz CT molecular complexity index is 515. The molecule has 0 radical (unpaired) electrons. The molecule has 8 nitrogen and oxygen atoms in total. The molecule has 4 N–H and O–H groups in total. The second kappa shape index (κ2) is 4.24. The van der Waals surface area contributed by atoms with E-state index in [-0.39, 0.29) is 11.9 Å². The fourth-order valence-electron chi connectivity index (χ4n) is 1.50. The largest absolute Gasteiger partial charge is 0.397 e. The van der Waals surface area contributed by atoms with Gasteiger partial charge in [0.05, 0.1) is 11.7 Å². The summed E-state index contributed by atoms with van der Waals surface area (Å²) in [7, 11) is 1.75. The highest BCUT2D eigenvalue weighted by Gasteiger charge is 2.16. The van der Waals surface area contributed by atoms with Gasteiger partial charge < -0.3 is 15.6 Å². The molecule has 0 aliphatic carbocycles. The molecule has 0 saturated carbocycles. The normalized spacial score (nSPS) is 12.4. The highest BCUT2D eigenvalue weighted by atomic mass is 16.2. The molecule has 17 heavy (non-hydrogen) atoms. The van der Waals surface area contributed by atoms with Gasteiger partial charge in [-0.25, -0.2) is 0 Å². The average molecular weight is 235 g/mol. The maximum atomic E-state index is 11.9. The average Bonchev–Trinajstić information content (AvgIpc) is 2.87. The van der Waals surface area contributed by atoms with Gasteiger partial charge in [0, 0.05) is 13.2 Å². The molecule has 2 aromatic rings. The third-order valence-electron chi connectivity index (χ3n) is 2.36. The Morgan fingerprint density at radius 1 is 1.65 bits per heavy atom. The van der Waals surface area contributed by atoms with E-state index in [4.69, 9.17) is 5.73 Å². The molecule has 0 bridgehead atoms. The molecule has 1 atom stereocenters. The van der Waals surface area contributed by atoms with E-state index in [2.05, 4.69) is 25.9 Å². The van der Waals surface area contributed by atoms with E-state index >= 15 is 0 Å². The summed E-state index contributed by atoms with van der Waals surface area (Å²) >= 11 is 0. The van der Waals surface area contributed by atoms with Crippen molar-refractivity contribution in [3.63, 3.8) is 0 Å². The second-order valence-electron chi connectivity index (χ2n) is 3.73. The minimum atomic E-state index is -0.322. The minimum Gasteiger partial charge on any atom is -0.397 e. The van der Waals surface area contributed by atoms with E-state index in [1.165, 1.54) is 0 Å². The third kappa shape index (κ3) is 2.25. The lowest BCUT2D eigenvalue weighted by atomic mass is 10.3. The number of nitrogen functional groups attached to an aromatic ring is 1. The van der Waals surface area contributed by atoms with Crippen molar-refractivity contribution in [3.8, 4) is 0 Å². The van der Waals surface area contributed by atoms with Crippen molar-refractivity contribution in [2.24, 2.45) is 7.05 Å². The quantitative estimate of drug-likeness (QED) is 0.670. The summed E-state index contributed by atoms with van der Waals surface area (Å²) < 4.78 is 1.66. The molecular formula is C9H13N7O. The van der Waals surface area contributed by atoms with Crippen LogP contribution in [0.25, 0.3) is 0 Å². The first-order valence-electron chi connectivity index (χ1n) is 5.04. The number of aromatic amines is 1. The van der Waals surface area contributed by atoms with Gasteiger partial charge in [-0.15, -0.1) is 10.2 Å². The Labute approximate surface area is 97.2 Å². The second-order valence-corrected chi connectivity index (χ2v) is 3.73. The van der Waals surface area contributed by atoms with Crippen molar-refractivity contribution in [2.45, 2.75) is 13.0 Å². The standard InChI is InChI=1S/C9H13N7O/c1-5(8-12-14-15-13-8)11-9(17)7-3-6(10)4-16(7)2/h3-5H,10H2,1-2H3,(H,11,17)(H,12,13,14,15). The number of aryl methyl sites for hydroxylation is 1. The number of aromatic nitrogens is 5. The van der Waals surface area contributed by atoms with Gasteiger partial charge in [-0.3, -0.25) is 4.79 Å². The van der Waals surface area contributed by atoms with Gasteiger partial charge in [0.25, 0.3) is 5.91 Å². The van der Waals surface area contributed by atoms with Crippen LogP contribution in [0.15, 0.2) is 12.3 Å². The van der Waals surface area contributed by atoms with Crippen LogP contribution in [0.3, 0.4) is 0 Å². The van der Waals surface area contributed by atoms with E-state index in [0.29, 0.717) is 17.2 Å². The Kier molecular flexibility index (Phi) is 2.77. The van der Waals surface area contributed by atoms with Gasteiger partial charge in [-0.1, -0.05) is 5.21 Å². The highest BCUT2D eigenvalue weighted by Crippen LogP contribution is 2.11. The zero-order valence-corrected chi connectivity index (χ0v) is 9.51. The molecule has 2 aromatic heterocycles. The number of nitrogens with two attached hydrogens (primary N) is 1. The molecule has 90 valence electrons. The summed E-state index contributed by atoms with van der Waals surface area (Å²) in [5, 5.41) is 16.1. The van der Waals surface area contributed by atoms with Crippen LogP contribution in [0.2, 0.25) is 0 Å². The molecular weight excluding hydrogens is 222 g/mol.